The number of hydrogen-bond acceptors (Lipinski definition) is 4. The van der Waals surface area contributed by atoms with Gasteiger partial charge in [-0.05, 0) is 30.3 Å². The number of nitrogens with two attached hydrogens (primary N) is 1. The van der Waals surface area contributed by atoms with Gasteiger partial charge in [0, 0.05) is 10.6 Å². The number of rotatable bonds is 3. The Morgan fingerprint density at radius 1 is 1.25 bits per heavy atom. The number of fused-ring (bicyclic) bond motifs is 1. The van der Waals surface area contributed by atoms with Crippen LogP contribution in [-0.2, 0) is 0 Å². The van der Waals surface area contributed by atoms with Crippen LogP contribution in [0.25, 0.3) is 10.2 Å². The molecule has 0 fully saturated rings. The minimum Gasteiger partial charge on any atom is -0.496 e. The van der Waals surface area contributed by atoms with Crippen LogP contribution >= 0.6 is 22.9 Å². The molecule has 0 aliphatic carbocycles. The van der Waals surface area contributed by atoms with Gasteiger partial charge in [0.15, 0.2) is 0 Å². The Morgan fingerprint density at radius 2 is 2.05 bits per heavy atom. The summed E-state index contributed by atoms with van der Waals surface area (Å²) in [4.78, 5) is 4.59. The van der Waals surface area contributed by atoms with E-state index in [1.807, 2.05) is 36.4 Å². The maximum atomic E-state index is 6.33. The lowest BCUT2D eigenvalue weighted by Crippen LogP contribution is -2.12. The normalized spacial score (nSPS) is 12.6. The van der Waals surface area contributed by atoms with Crippen LogP contribution in [0.15, 0.2) is 42.5 Å². The van der Waals surface area contributed by atoms with Crippen LogP contribution in [0.1, 0.15) is 16.6 Å². The second-order valence-electron chi connectivity index (χ2n) is 4.38. The third-order valence-corrected chi connectivity index (χ3v) is 4.46. The summed E-state index contributed by atoms with van der Waals surface area (Å²) >= 11 is 7.65. The van der Waals surface area contributed by atoms with Crippen molar-refractivity contribution in [1.82, 2.24) is 4.98 Å². The zero-order chi connectivity index (χ0) is 14.1. The second-order valence-corrected chi connectivity index (χ2v) is 5.88. The van der Waals surface area contributed by atoms with Crippen molar-refractivity contribution in [2.24, 2.45) is 5.73 Å². The Kier molecular flexibility index (Phi) is 3.61. The predicted molar refractivity (Wildman–Crippen MR) is 83.7 cm³/mol. The lowest BCUT2D eigenvalue weighted by Gasteiger charge is -2.13. The van der Waals surface area contributed by atoms with Gasteiger partial charge in [0.2, 0.25) is 0 Å². The molecular formula is C15H13ClN2OS. The van der Waals surface area contributed by atoms with Crippen molar-refractivity contribution >= 4 is 33.2 Å². The third-order valence-electron chi connectivity index (χ3n) is 3.10. The van der Waals surface area contributed by atoms with Gasteiger partial charge in [-0.3, -0.25) is 0 Å². The highest BCUT2D eigenvalue weighted by Gasteiger charge is 2.18. The first-order valence-corrected chi connectivity index (χ1v) is 7.33. The molecule has 3 aromatic rings. The van der Waals surface area contributed by atoms with Gasteiger partial charge >= 0.3 is 0 Å². The fraction of sp³-hybridized carbons (Fsp3) is 0.133. The van der Waals surface area contributed by atoms with Crippen molar-refractivity contribution < 1.29 is 4.74 Å². The molecule has 0 bridgehead atoms. The topological polar surface area (TPSA) is 48.1 Å². The minimum absolute atomic E-state index is 0.346. The number of methoxy groups -OCH3 is 1. The molecule has 3 rings (SSSR count). The summed E-state index contributed by atoms with van der Waals surface area (Å²) in [6, 6.07) is 13.1. The molecule has 0 aliphatic heterocycles. The molecule has 0 amide bonds. The van der Waals surface area contributed by atoms with E-state index in [9.17, 15) is 0 Å². The summed E-state index contributed by atoms with van der Waals surface area (Å²) in [5.41, 5.74) is 8.14. The molecule has 0 saturated carbocycles. The van der Waals surface area contributed by atoms with E-state index < -0.39 is 0 Å². The van der Waals surface area contributed by atoms with Crippen LogP contribution in [0, 0.1) is 0 Å². The van der Waals surface area contributed by atoms with Crippen molar-refractivity contribution in [2.75, 3.05) is 7.11 Å². The largest absolute Gasteiger partial charge is 0.496 e. The molecule has 0 spiro atoms. The highest BCUT2D eigenvalue weighted by molar-refractivity contribution is 7.18. The van der Waals surface area contributed by atoms with Gasteiger partial charge in [-0.2, -0.15) is 0 Å². The molecule has 1 heterocycles. The average Bonchev–Trinajstić information content (AvgIpc) is 2.90. The summed E-state index contributed by atoms with van der Waals surface area (Å²) in [7, 11) is 1.62. The highest BCUT2D eigenvalue weighted by Crippen LogP contribution is 2.34. The summed E-state index contributed by atoms with van der Waals surface area (Å²) < 4.78 is 6.48. The summed E-state index contributed by atoms with van der Waals surface area (Å²) in [6.07, 6.45) is 0. The van der Waals surface area contributed by atoms with Gasteiger partial charge in [0.05, 0.1) is 23.4 Å². The number of thiazole rings is 1. The standard InChI is InChI=1S/C15H13ClN2OS/c1-19-12-7-6-9(16)8-10(12)14(17)15-18-11-4-2-3-5-13(11)20-15/h2-8,14H,17H2,1H3. The molecule has 2 aromatic carbocycles. The zero-order valence-corrected chi connectivity index (χ0v) is 12.4. The van der Waals surface area contributed by atoms with Crippen LogP contribution in [0.3, 0.4) is 0 Å². The lowest BCUT2D eigenvalue weighted by atomic mass is 10.1. The van der Waals surface area contributed by atoms with Crippen LogP contribution < -0.4 is 10.5 Å². The molecule has 1 unspecified atom stereocenters. The number of nitrogens with zero attached hydrogens (tertiary/aromatic N) is 1. The Bertz CT molecular complexity index is 723. The zero-order valence-electron chi connectivity index (χ0n) is 10.8. The molecule has 0 saturated heterocycles. The van der Waals surface area contributed by atoms with E-state index in [0.717, 1.165) is 26.5 Å². The monoisotopic (exact) mass is 304 g/mol. The van der Waals surface area contributed by atoms with E-state index in [0.29, 0.717) is 5.02 Å². The first kappa shape index (κ1) is 13.4. The smallest absolute Gasteiger partial charge is 0.124 e. The number of benzene rings is 2. The number of aromatic nitrogens is 1. The molecule has 0 aliphatic rings. The highest BCUT2D eigenvalue weighted by atomic mass is 35.5. The van der Waals surface area contributed by atoms with E-state index >= 15 is 0 Å². The Balaban J connectivity index is 2.07. The summed E-state index contributed by atoms with van der Waals surface area (Å²) in [5.74, 6) is 0.723. The van der Waals surface area contributed by atoms with Crippen molar-refractivity contribution in [3.8, 4) is 5.75 Å². The molecule has 1 aromatic heterocycles. The maximum Gasteiger partial charge on any atom is 0.124 e. The molecule has 0 radical (unpaired) electrons. The molecule has 2 N–H and O–H groups in total. The van der Waals surface area contributed by atoms with Crippen LogP contribution in [0.4, 0.5) is 0 Å². The number of ether oxygens (including phenoxy) is 1. The molecule has 1 atom stereocenters. The van der Waals surface area contributed by atoms with Crippen molar-refractivity contribution in [1.29, 1.82) is 0 Å². The number of hydrogen-bond donors (Lipinski definition) is 1. The maximum absolute atomic E-state index is 6.33. The van der Waals surface area contributed by atoms with Gasteiger partial charge in [0.1, 0.15) is 10.8 Å². The second kappa shape index (κ2) is 5.40. The van der Waals surface area contributed by atoms with E-state index in [1.54, 1.807) is 24.5 Å². The van der Waals surface area contributed by atoms with Crippen molar-refractivity contribution in [3.05, 3.63) is 58.1 Å². The van der Waals surface area contributed by atoms with Crippen LogP contribution in [-0.4, -0.2) is 12.1 Å². The number of halogens is 1. The van der Waals surface area contributed by atoms with E-state index in [2.05, 4.69) is 4.98 Å². The first-order chi connectivity index (χ1) is 9.69. The fourth-order valence-electron chi connectivity index (χ4n) is 2.10. The van der Waals surface area contributed by atoms with Gasteiger partial charge in [-0.15, -0.1) is 11.3 Å². The van der Waals surface area contributed by atoms with E-state index in [4.69, 9.17) is 22.1 Å². The first-order valence-electron chi connectivity index (χ1n) is 6.13. The van der Waals surface area contributed by atoms with Crippen LogP contribution in [0.5, 0.6) is 5.75 Å². The molecular weight excluding hydrogens is 292 g/mol. The van der Waals surface area contributed by atoms with Gasteiger partial charge in [-0.1, -0.05) is 23.7 Å². The van der Waals surface area contributed by atoms with E-state index in [-0.39, 0.29) is 6.04 Å². The molecule has 3 nitrogen and oxygen atoms in total. The average molecular weight is 305 g/mol. The van der Waals surface area contributed by atoms with Crippen LogP contribution in [0.2, 0.25) is 5.02 Å². The molecule has 5 heteroatoms. The third kappa shape index (κ3) is 2.38. The molecule has 20 heavy (non-hydrogen) atoms. The lowest BCUT2D eigenvalue weighted by molar-refractivity contribution is 0.408. The SMILES string of the molecule is COc1ccc(Cl)cc1C(N)c1nc2ccccc2s1. The Hall–Kier alpha value is -1.62. The Labute approximate surface area is 126 Å². The quantitative estimate of drug-likeness (QED) is 0.795. The fourth-order valence-corrected chi connectivity index (χ4v) is 3.27. The van der Waals surface area contributed by atoms with E-state index in [1.165, 1.54) is 0 Å². The van der Waals surface area contributed by atoms with Crippen molar-refractivity contribution in [3.63, 3.8) is 0 Å². The van der Waals surface area contributed by atoms with Crippen molar-refractivity contribution in [2.45, 2.75) is 6.04 Å². The minimum atomic E-state index is -0.346. The predicted octanol–water partition coefficient (Wildman–Crippen LogP) is 4.01. The van der Waals surface area contributed by atoms with Gasteiger partial charge in [-0.25, -0.2) is 4.98 Å². The molecule has 102 valence electrons. The number of para-hydroxylation sites is 1. The summed E-state index contributed by atoms with van der Waals surface area (Å²) in [5, 5.41) is 1.49. The van der Waals surface area contributed by atoms with Gasteiger partial charge in [0.25, 0.3) is 0 Å². The summed E-state index contributed by atoms with van der Waals surface area (Å²) in [6.45, 7) is 0. The van der Waals surface area contributed by atoms with Gasteiger partial charge < -0.3 is 10.5 Å². The Morgan fingerprint density at radius 3 is 2.80 bits per heavy atom.